The predicted molar refractivity (Wildman–Crippen MR) is 81.2 cm³/mol. The Morgan fingerprint density at radius 3 is 2.81 bits per heavy atom. The first-order valence-electron chi connectivity index (χ1n) is 6.10. The van der Waals surface area contributed by atoms with Gasteiger partial charge in [0.25, 0.3) is 0 Å². The number of nitrogens with two attached hydrogens (primary N) is 1. The molecule has 0 saturated heterocycles. The Hall–Kier alpha value is -2.11. The Morgan fingerprint density at radius 2 is 2.05 bits per heavy atom. The molecule has 0 radical (unpaired) electrons. The van der Waals surface area contributed by atoms with Gasteiger partial charge in [0.15, 0.2) is 0 Å². The topological polar surface area (TPSA) is 77.8 Å². The van der Waals surface area contributed by atoms with Gasteiger partial charge >= 0.3 is 0 Å². The van der Waals surface area contributed by atoms with E-state index in [9.17, 15) is 0 Å². The van der Waals surface area contributed by atoms with Gasteiger partial charge in [0, 0.05) is 11.9 Å². The lowest BCUT2D eigenvalue weighted by atomic mass is 10.1. The predicted octanol–water partition coefficient (Wildman–Crippen LogP) is 3.61. The minimum atomic E-state index is 0.329. The van der Waals surface area contributed by atoms with Crippen molar-refractivity contribution < 1.29 is 4.52 Å². The lowest BCUT2D eigenvalue weighted by Crippen LogP contribution is -1.92. The molecule has 2 aromatic heterocycles. The van der Waals surface area contributed by atoms with Crippen LogP contribution in [0.15, 0.2) is 41.1 Å². The highest BCUT2D eigenvalue weighted by Gasteiger charge is 2.14. The number of halogens is 2. The van der Waals surface area contributed by atoms with Gasteiger partial charge in [-0.1, -0.05) is 40.5 Å². The van der Waals surface area contributed by atoms with Crippen LogP contribution in [-0.4, -0.2) is 15.1 Å². The second kappa shape index (κ2) is 5.71. The highest BCUT2D eigenvalue weighted by Crippen LogP contribution is 2.26. The number of hydrogen-bond acceptors (Lipinski definition) is 5. The fourth-order valence-corrected chi connectivity index (χ4v) is 2.34. The van der Waals surface area contributed by atoms with Crippen molar-refractivity contribution in [3.63, 3.8) is 0 Å². The smallest absolute Gasteiger partial charge is 0.231 e. The van der Waals surface area contributed by atoms with Crippen LogP contribution < -0.4 is 5.73 Å². The van der Waals surface area contributed by atoms with Gasteiger partial charge in [0.2, 0.25) is 11.7 Å². The van der Waals surface area contributed by atoms with E-state index in [1.54, 1.807) is 6.07 Å². The molecular weight excluding hydrogens is 311 g/mol. The number of nitrogens with zero attached hydrogens (tertiary/aromatic N) is 3. The van der Waals surface area contributed by atoms with Crippen LogP contribution in [0.2, 0.25) is 10.0 Å². The summed E-state index contributed by atoms with van der Waals surface area (Å²) < 4.78 is 5.21. The molecule has 0 atom stereocenters. The number of hydrogen-bond donors (Lipinski definition) is 1. The van der Waals surface area contributed by atoms with Crippen LogP contribution in [0.4, 0.5) is 5.69 Å². The van der Waals surface area contributed by atoms with Crippen molar-refractivity contribution in [1.82, 2.24) is 15.1 Å². The molecule has 3 aromatic rings. The molecule has 0 bridgehead atoms. The average Bonchev–Trinajstić information content (AvgIpc) is 2.87. The monoisotopic (exact) mass is 320 g/mol. The van der Waals surface area contributed by atoms with Crippen molar-refractivity contribution in [3.05, 3.63) is 58.0 Å². The van der Waals surface area contributed by atoms with E-state index in [-0.39, 0.29) is 0 Å². The lowest BCUT2D eigenvalue weighted by Gasteiger charge is -1.98. The SMILES string of the molecule is Nc1cccc(Cc2nc(-c3ncc(Cl)cc3Cl)no2)c1. The van der Waals surface area contributed by atoms with Crippen molar-refractivity contribution in [2.75, 3.05) is 5.73 Å². The number of aromatic nitrogens is 3. The van der Waals surface area contributed by atoms with E-state index < -0.39 is 0 Å². The first-order valence-corrected chi connectivity index (χ1v) is 6.86. The van der Waals surface area contributed by atoms with E-state index in [1.165, 1.54) is 6.20 Å². The third kappa shape index (κ3) is 3.15. The second-order valence-electron chi connectivity index (χ2n) is 4.42. The molecule has 106 valence electrons. The molecule has 2 N–H and O–H groups in total. The molecule has 21 heavy (non-hydrogen) atoms. The maximum Gasteiger partial charge on any atom is 0.231 e. The molecule has 2 heterocycles. The summed E-state index contributed by atoms with van der Waals surface area (Å²) in [5, 5.41) is 4.71. The van der Waals surface area contributed by atoms with Crippen LogP contribution in [0.1, 0.15) is 11.5 Å². The minimum Gasteiger partial charge on any atom is -0.399 e. The number of nitrogen functional groups attached to an aromatic ring is 1. The van der Waals surface area contributed by atoms with Crippen molar-refractivity contribution >= 4 is 28.9 Å². The summed E-state index contributed by atoms with van der Waals surface area (Å²) in [4.78, 5) is 8.40. The molecule has 0 fully saturated rings. The zero-order chi connectivity index (χ0) is 14.8. The third-order valence-corrected chi connectivity index (χ3v) is 3.29. The van der Waals surface area contributed by atoms with Crippen LogP contribution in [0.5, 0.6) is 0 Å². The summed E-state index contributed by atoms with van der Waals surface area (Å²) >= 11 is 11.9. The van der Waals surface area contributed by atoms with Crippen molar-refractivity contribution in [3.8, 4) is 11.5 Å². The maximum absolute atomic E-state index is 6.07. The molecular formula is C14H10Cl2N4O. The molecule has 0 amide bonds. The molecule has 0 aliphatic rings. The normalized spacial score (nSPS) is 10.8. The third-order valence-electron chi connectivity index (χ3n) is 2.79. The number of pyridine rings is 1. The van der Waals surface area contributed by atoms with Gasteiger partial charge in [-0.3, -0.25) is 0 Å². The van der Waals surface area contributed by atoms with Gasteiger partial charge in [-0.05, 0) is 23.8 Å². The zero-order valence-corrected chi connectivity index (χ0v) is 12.3. The highest BCUT2D eigenvalue weighted by molar-refractivity contribution is 6.35. The summed E-state index contributed by atoms with van der Waals surface area (Å²) in [6.07, 6.45) is 1.97. The number of anilines is 1. The van der Waals surface area contributed by atoms with Crippen LogP contribution in [0, 0.1) is 0 Å². The van der Waals surface area contributed by atoms with E-state index in [0.29, 0.717) is 39.6 Å². The van der Waals surface area contributed by atoms with E-state index >= 15 is 0 Å². The molecule has 0 saturated carbocycles. The Bertz CT molecular complexity index is 788. The van der Waals surface area contributed by atoms with Crippen molar-refractivity contribution in [2.45, 2.75) is 6.42 Å². The number of benzene rings is 1. The first-order chi connectivity index (χ1) is 10.1. The Kier molecular flexibility index (Phi) is 3.77. The Labute approximate surface area is 130 Å². The summed E-state index contributed by atoms with van der Waals surface area (Å²) in [7, 11) is 0. The van der Waals surface area contributed by atoms with Crippen LogP contribution in [0.25, 0.3) is 11.5 Å². The maximum atomic E-state index is 6.07. The molecule has 3 rings (SSSR count). The van der Waals surface area contributed by atoms with Gasteiger partial charge in [0.1, 0.15) is 5.69 Å². The molecule has 1 aromatic carbocycles. The van der Waals surface area contributed by atoms with Gasteiger partial charge < -0.3 is 10.3 Å². The molecule has 0 spiro atoms. The van der Waals surface area contributed by atoms with Gasteiger partial charge in [0.05, 0.1) is 16.5 Å². The van der Waals surface area contributed by atoms with Crippen LogP contribution >= 0.6 is 23.2 Å². The summed E-state index contributed by atoms with van der Waals surface area (Å²) in [6.45, 7) is 0. The van der Waals surface area contributed by atoms with E-state index in [1.807, 2.05) is 24.3 Å². The first kappa shape index (κ1) is 13.9. The van der Waals surface area contributed by atoms with E-state index in [2.05, 4.69) is 15.1 Å². The lowest BCUT2D eigenvalue weighted by molar-refractivity contribution is 0.385. The van der Waals surface area contributed by atoms with Gasteiger partial charge in [-0.25, -0.2) is 4.98 Å². The summed E-state index contributed by atoms with van der Waals surface area (Å²) in [6, 6.07) is 9.07. The van der Waals surface area contributed by atoms with Crippen LogP contribution in [0.3, 0.4) is 0 Å². The van der Waals surface area contributed by atoms with Crippen molar-refractivity contribution in [1.29, 1.82) is 0 Å². The fraction of sp³-hybridized carbons (Fsp3) is 0.0714. The minimum absolute atomic E-state index is 0.329. The zero-order valence-electron chi connectivity index (χ0n) is 10.8. The highest BCUT2D eigenvalue weighted by atomic mass is 35.5. The van der Waals surface area contributed by atoms with E-state index in [4.69, 9.17) is 33.5 Å². The largest absolute Gasteiger partial charge is 0.399 e. The average molecular weight is 321 g/mol. The second-order valence-corrected chi connectivity index (χ2v) is 5.26. The molecule has 5 nitrogen and oxygen atoms in total. The van der Waals surface area contributed by atoms with Gasteiger partial charge in [-0.15, -0.1) is 0 Å². The molecule has 7 heteroatoms. The van der Waals surface area contributed by atoms with E-state index in [0.717, 1.165) is 5.56 Å². The fourth-order valence-electron chi connectivity index (χ4n) is 1.88. The molecule has 0 aliphatic carbocycles. The van der Waals surface area contributed by atoms with Crippen molar-refractivity contribution in [2.24, 2.45) is 0 Å². The summed E-state index contributed by atoms with van der Waals surface area (Å²) in [5.41, 5.74) is 7.85. The van der Waals surface area contributed by atoms with Crippen LogP contribution in [-0.2, 0) is 6.42 Å². The van der Waals surface area contributed by atoms with Gasteiger partial charge in [-0.2, -0.15) is 4.98 Å². The quantitative estimate of drug-likeness (QED) is 0.746. The summed E-state index contributed by atoms with van der Waals surface area (Å²) in [5.74, 6) is 0.791. The Balaban J connectivity index is 1.86. The Morgan fingerprint density at radius 1 is 1.19 bits per heavy atom. The number of rotatable bonds is 3. The molecule has 0 unspecified atom stereocenters. The molecule has 0 aliphatic heterocycles. The standard InChI is InChI=1S/C14H10Cl2N4O/c15-9-6-11(16)13(18-7-9)14-19-12(21-20-14)5-8-2-1-3-10(17)4-8/h1-4,6-7H,5,17H2.